The van der Waals surface area contributed by atoms with Crippen LogP contribution in [0, 0.1) is 6.92 Å². The number of aromatic amines is 1. The summed E-state index contributed by atoms with van der Waals surface area (Å²) < 4.78 is 0. The predicted octanol–water partition coefficient (Wildman–Crippen LogP) is 3.32. The van der Waals surface area contributed by atoms with E-state index in [9.17, 15) is 0 Å². The molecule has 0 spiro atoms. The summed E-state index contributed by atoms with van der Waals surface area (Å²) in [4.78, 5) is 11.1. The van der Waals surface area contributed by atoms with Gasteiger partial charge in [0, 0.05) is 6.20 Å². The molecule has 0 aliphatic carbocycles. The molecular weight excluding hydrogens is 174 g/mol. The van der Waals surface area contributed by atoms with E-state index in [0.29, 0.717) is 0 Å². The van der Waals surface area contributed by atoms with Gasteiger partial charge in [0.15, 0.2) is 5.65 Å². The fraction of sp³-hybridized carbons (Fsp3) is 0.455. The van der Waals surface area contributed by atoms with Gasteiger partial charge in [-0.1, -0.05) is 27.7 Å². The zero-order valence-electron chi connectivity index (χ0n) is 9.63. The van der Waals surface area contributed by atoms with E-state index < -0.39 is 0 Å². The number of aromatic nitrogens is 3. The molecular formula is C11H19N3. The Bertz CT molecular complexity index is 352. The first kappa shape index (κ1) is 12.6. The molecule has 0 aromatic carbocycles. The van der Waals surface area contributed by atoms with Crippen LogP contribution in [0.15, 0.2) is 18.6 Å². The summed E-state index contributed by atoms with van der Waals surface area (Å²) in [6, 6.07) is 2.02. The van der Waals surface area contributed by atoms with Crippen molar-refractivity contribution >= 4 is 11.2 Å². The smallest absolute Gasteiger partial charge is 0.177 e. The molecule has 0 saturated heterocycles. The van der Waals surface area contributed by atoms with Crippen molar-refractivity contribution < 1.29 is 0 Å². The molecule has 2 heterocycles. The van der Waals surface area contributed by atoms with Crippen LogP contribution < -0.4 is 0 Å². The van der Waals surface area contributed by atoms with E-state index in [1.54, 1.807) is 6.33 Å². The van der Waals surface area contributed by atoms with Gasteiger partial charge in [-0.05, 0) is 18.6 Å². The molecule has 0 saturated carbocycles. The summed E-state index contributed by atoms with van der Waals surface area (Å²) in [5.41, 5.74) is 2.93. The van der Waals surface area contributed by atoms with E-state index in [1.165, 1.54) is 0 Å². The van der Waals surface area contributed by atoms with Crippen LogP contribution in [-0.4, -0.2) is 15.0 Å². The molecule has 2 aromatic rings. The molecule has 0 atom stereocenters. The van der Waals surface area contributed by atoms with Gasteiger partial charge in [-0.15, -0.1) is 0 Å². The maximum absolute atomic E-state index is 4.10. The Labute approximate surface area is 85.6 Å². The molecule has 2 aromatic heterocycles. The number of imidazole rings is 1. The van der Waals surface area contributed by atoms with E-state index in [1.807, 2.05) is 46.9 Å². The van der Waals surface area contributed by atoms with Gasteiger partial charge in [0.05, 0.1) is 11.8 Å². The van der Waals surface area contributed by atoms with Gasteiger partial charge in [0.2, 0.25) is 0 Å². The number of hydrogen-bond acceptors (Lipinski definition) is 2. The second kappa shape index (κ2) is 7.06. The van der Waals surface area contributed by atoms with Crippen LogP contribution in [0.2, 0.25) is 0 Å². The lowest BCUT2D eigenvalue weighted by Gasteiger charge is -1.88. The fourth-order valence-corrected chi connectivity index (χ4v) is 0.934. The van der Waals surface area contributed by atoms with Gasteiger partial charge in [-0.2, -0.15) is 0 Å². The number of rotatable bonds is 0. The van der Waals surface area contributed by atoms with E-state index in [-0.39, 0.29) is 0 Å². The van der Waals surface area contributed by atoms with Crippen molar-refractivity contribution in [3.63, 3.8) is 0 Å². The minimum absolute atomic E-state index is 0.783. The molecule has 0 bridgehead atoms. The number of H-pyrrole nitrogens is 1. The summed E-state index contributed by atoms with van der Waals surface area (Å²) in [7, 11) is 0. The molecule has 78 valence electrons. The minimum Gasteiger partial charge on any atom is -0.343 e. The first-order chi connectivity index (χ1) is 6.86. The molecule has 2 rings (SSSR count). The molecule has 3 heteroatoms. The van der Waals surface area contributed by atoms with Gasteiger partial charge >= 0.3 is 0 Å². The van der Waals surface area contributed by atoms with E-state index in [2.05, 4.69) is 15.0 Å². The predicted molar refractivity (Wildman–Crippen MR) is 61.3 cm³/mol. The highest BCUT2D eigenvalue weighted by molar-refractivity contribution is 5.69. The normalized spacial score (nSPS) is 8.36. The van der Waals surface area contributed by atoms with E-state index in [4.69, 9.17) is 0 Å². The van der Waals surface area contributed by atoms with Crippen LogP contribution in [0.5, 0.6) is 0 Å². The average Bonchev–Trinajstić information content (AvgIpc) is 2.71. The van der Waals surface area contributed by atoms with Crippen LogP contribution in [0.1, 0.15) is 33.3 Å². The highest BCUT2D eigenvalue weighted by Gasteiger charge is 1.94. The zero-order valence-corrected chi connectivity index (χ0v) is 9.63. The molecule has 0 amide bonds. The van der Waals surface area contributed by atoms with Gasteiger partial charge in [-0.3, -0.25) is 0 Å². The van der Waals surface area contributed by atoms with E-state index >= 15 is 0 Å². The number of aryl methyl sites for hydroxylation is 1. The van der Waals surface area contributed by atoms with Crippen LogP contribution in [0.25, 0.3) is 11.2 Å². The lowest BCUT2D eigenvalue weighted by Crippen LogP contribution is -1.77. The Morgan fingerprint density at radius 1 is 1.07 bits per heavy atom. The quantitative estimate of drug-likeness (QED) is 0.697. The maximum atomic E-state index is 4.10. The standard InChI is InChI=1S/C7H7N3.2C2H6/c1-5-2-6-7(8-3-5)10-4-9-6;2*1-2/h2-4H,1H3,(H,8,9,10);2*1-2H3. The monoisotopic (exact) mass is 193 g/mol. The van der Waals surface area contributed by atoms with Gasteiger partial charge < -0.3 is 4.98 Å². The molecule has 0 aliphatic heterocycles. The molecule has 0 radical (unpaired) electrons. The zero-order chi connectivity index (χ0) is 11.0. The van der Waals surface area contributed by atoms with Crippen molar-refractivity contribution in [1.82, 2.24) is 15.0 Å². The number of fused-ring (bicyclic) bond motifs is 1. The van der Waals surface area contributed by atoms with Crippen LogP contribution in [0.3, 0.4) is 0 Å². The van der Waals surface area contributed by atoms with Gasteiger partial charge in [0.25, 0.3) is 0 Å². The molecule has 3 nitrogen and oxygen atoms in total. The SMILES string of the molecule is CC.CC.Cc1cnc2nc[nH]c2c1. The summed E-state index contributed by atoms with van der Waals surface area (Å²) >= 11 is 0. The van der Waals surface area contributed by atoms with Crippen LogP contribution in [-0.2, 0) is 0 Å². The topological polar surface area (TPSA) is 41.6 Å². The number of hydrogen-bond donors (Lipinski definition) is 1. The van der Waals surface area contributed by atoms with Crippen LogP contribution >= 0.6 is 0 Å². The molecule has 0 fully saturated rings. The molecule has 0 aliphatic rings. The average molecular weight is 193 g/mol. The Morgan fingerprint density at radius 2 is 1.71 bits per heavy atom. The van der Waals surface area contributed by atoms with Crippen molar-refractivity contribution in [3.05, 3.63) is 24.2 Å². The lowest BCUT2D eigenvalue weighted by molar-refractivity contribution is 1.28. The summed E-state index contributed by atoms with van der Waals surface area (Å²) in [6.45, 7) is 10.0. The summed E-state index contributed by atoms with van der Waals surface area (Å²) in [6.07, 6.45) is 3.46. The van der Waals surface area contributed by atoms with Crippen molar-refractivity contribution in [2.24, 2.45) is 0 Å². The van der Waals surface area contributed by atoms with Gasteiger partial charge in [-0.25, -0.2) is 9.97 Å². The molecule has 0 unspecified atom stereocenters. The first-order valence-corrected chi connectivity index (χ1v) is 5.12. The van der Waals surface area contributed by atoms with Crippen molar-refractivity contribution in [2.45, 2.75) is 34.6 Å². The van der Waals surface area contributed by atoms with Crippen LogP contribution in [0.4, 0.5) is 0 Å². The second-order valence-electron chi connectivity index (χ2n) is 2.29. The Balaban J connectivity index is 0.000000379. The largest absolute Gasteiger partial charge is 0.343 e. The third-order valence-electron chi connectivity index (χ3n) is 1.41. The fourth-order valence-electron chi connectivity index (χ4n) is 0.934. The Kier molecular flexibility index (Phi) is 6.37. The number of nitrogens with zero attached hydrogens (tertiary/aromatic N) is 2. The highest BCUT2D eigenvalue weighted by Crippen LogP contribution is 2.06. The second-order valence-corrected chi connectivity index (χ2v) is 2.29. The Hall–Kier alpha value is -1.38. The lowest BCUT2D eigenvalue weighted by atomic mass is 10.3. The minimum atomic E-state index is 0.783. The molecule has 14 heavy (non-hydrogen) atoms. The van der Waals surface area contributed by atoms with Crippen molar-refractivity contribution in [1.29, 1.82) is 0 Å². The van der Waals surface area contributed by atoms with E-state index in [0.717, 1.165) is 16.7 Å². The number of pyridine rings is 1. The van der Waals surface area contributed by atoms with Crippen molar-refractivity contribution in [3.8, 4) is 0 Å². The maximum Gasteiger partial charge on any atom is 0.177 e. The van der Waals surface area contributed by atoms with Gasteiger partial charge in [0.1, 0.15) is 0 Å². The highest BCUT2D eigenvalue weighted by atomic mass is 14.9. The summed E-state index contributed by atoms with van der Waals surface area (Å²) in [5.74, 6) is 0. The first-order valence-electron chi connectivity index (χ1n) is 5.12. The molecule has 1 N–H and O–H groups in total. The third-order valence-corrected chi connectivity index (χ3v) is 1.41. The Morgan fingerprint density at radius 3 is 2.36 bits per heavy atom. The third kappa shape index (κ3) is 3.17. The number of nitrogens with one attached hydrogen (secondary N) is 1. The summed E-state index contributed by atoms with van der Waals surface area (Å²) in [5, 5.41) is 0. The van der Waals surface area contributed by atoms with Crippen molar-refractivity contribution in [2.75, 3.05) is 0 Å².